The van der Waals surface area contributed by atoms with Crippen LogP contribution in [0.15, 0.2) is 60.7 Å². The fraction of sp³-hybridized carbons (Fsp3) is 0.0556. The van der Waals surface area contributed by atoms with Gasteiger partial charge in [0.1, 0.15) is 6.07 Å². The highest BCUT2D eigenvalue weighted by Crippen LogP contribution is 2.25. The van der Waals surface area contributed by atoms with Crippen LogP contribution in [0.3, 0.4) is 0 Å². The molecule has 0 radical (unpaired) electrons. The number of aryl methyl sites for hydroxylation is 1. The number of benzene rings is 3. The lowest BCUT2D eigenvalue weighted by atomic mass is 10.1. The average molecular weight is 258 g/mol. The summed E-state index contributed by atoms with van der Waals surface area (Å²) in [4.78, 5) is 0. The van der Waals surface area contributed by atoms with Crippen LogP contribution in [-0.4, -0.2) is 0 Å². The van der Waals surface area contributed by atoms with Crippen LogP contribution in [0, 0.1) is 18.3 Å². The number of fused-ring (bicyclic) bond motifs is 1. The second-order valence-corrected chi connectivity index (χ2v) is 4.85. The van der Waals surface area contributed by atoms with E-state index in [2.05, 4.69) is 35.7 Å². The molecule has 0 aliphatic carbocycles. The molecular formula is C18H14N2. The van der Waals surface area contributed by atoms with Gasteiger partial charge in [-0.1, -0.05) is 36.4 Å². The number of nitriles is 1. The predicted octanol–water partition coefficient (Wildman–Crippen LogP) is 4.76. The molecule has 0 spiro atoms. The Bertz CT molecular complexity index is 813. The molecule has 96 valence electrons. The Hall–Kier alpha value is -2.79. The maximum Gasteiger partial charge on any atom is 0.101 e. The van der Waals surface area contributed by atoms with E-state index in [4.69, 9.17) is 5.26 Å². The Labute approximate surface area is 118 Å². The van der Waals surface area contributed by atoms with Gasteiger partial charge in [-0.25, -0.2) is 0 Å². The smallest absolute Gasteiger partial charge is 0.101 e. The van der Waals surface area contributed by atoms with Crippen molar-refractivity contribution >= 4 is 22.1 Å². The normalized spacial score (nSPS) is 10.2. The van der Waals surface area contributed by atoms with E-state index >= 15 is 0 Å². The minimum absolute atomic E-state index is 0.656. The summed E-state index contributed by atoms with van der Waals surface area (Å²) in [5.41, 5.74) is 3.63. The van der Waals surface area contributed by atoms with Gasteiger partial charge in [-0.05, 0) is 47.5 Å². The third kappa shape index (κ3) is 2.34. The molecule has 0 heterocycles. The first kappa shape index (κ1) is 12.3. The van der Waals surface area contributed by atoms with Gasteiger partial charge in [-0.3, -0.25) is 0 Å². The second-order valence-electron chi connectivity index (χ2n) is 4.85. The van der Waals surface area contributed by atoms with Crippen LogP contribution in [0.25, 0.3) is 10.8 Å². The first-order valence-electron chi connectivity index (χ1n) is 6.53. The molecule has 2 nitrogen and oxygen atoms in total. The van der Waals surface area contributed by atoms with Crippen molar-refractivity contribution in [1.82, 2.24) is 0 Å². The van der Waals surface area contributed by atoms with Crippen LogP contribution in [0.1, 0.15) is 11.1 Å². The summed E-state index contributed by atoms with van der Waals surface area (Å²) in [5.74, 6) is 0. The van der Waals surface area contributed by atoms with Crippen LogP contribution in [0.2, 0.25) is 0 Å². The van der Waals surface area contributed by atoms with Crippen molar-refractivity contribution in [1.29, 1.82) is 5.26 Å². The van der Waals surface area contributed by atoms with Crippen LogP contribution in [0.5, 0.6) is 0 Å². The lowest BCUT2D eigenvalue weighted by Gasteiger charge is -2.10. The topological polar surface area (TPSA) is 35.8 Å². The van der Waals surface area contributed by atoms with Crippen molar-refractivity contribution in [2.45, 2.75) is 6.92 Å². The molecule has 3 aromatic carbocycles. The van der Waals surface area contributed by atoms with Crippen LogP contribution >= 0.6 is 0 Å². The number of nitrogens with zero attached hydrogens (tertiary/aromatic N) is 1. The number of hydrogen-bond donors (Lipinski definition) is 1. The molecule has 0 bridgehead atoms. The highest BCUT2D eigenvalue weighted by Gasteiger charge is 2.03. The maximum absolute atomic E-state index is 9.17. The standard InChI is InChI=1S/C18H14N2/c1-13-6-7-16(12-19)18(10-13)20-17-9-8-14-4-2-3-5-15(14)11-17/h2-11,20H,1H3. The predicted molar refractivity (Wildman–Crippen MR) is 83.1 cm³/mol. The zero-order valence-electron chi connectivity index (χ0n) is 11.2. The van der Waals surface area contributed by atoms with Gasteiger partial charge >= 0.3 is 0 Å². The molecule has 3 aromatic rings. The fourth-order valence-electron chi connectivity index (χ4n) is 2.28. The molecule has 0 saturated carbocycles. The van der Waals surface area contributed by atoms with E-state index in [9.17, 15) is 0 Å². The largest absolute Gasteiger partial charge is 0.354 e. The maximum atomic E-state index is 9.17. The molecular weight excluding hydrogens is 244 g/mol. The molecule has 0 aromatic heterocycles. The van der Waals surface area contributed by atoms with Gasteiger partial charge in [0, 0.05) is 5.69 Å². The number of hydrogen-bond acceptors (Lipinski definition) is 2. The summed E-state index contributed by atoms with van der Waals surface area (Å²) < 4.78 is 0. The number of anilines is 2. The summed E-state index contributed by atoms with van der Waals surface area (Å²) in [7, 11) is 0. The third-order valence-electron chi connectivity index (χ3n) is 3.32. The molecule has 0 amide bonds. The number of nitrogens with one attached hydrogen (secondary N) is 1. The Balaban J connectivity index is 2.01. The van der Waals surface area contributed by atoms with E-state index in [1.807, 2.05) is 43.3 Å². The third-order valence-corrected chi connectivity index (χ3v) is 3.32. The molecule has 3 rings (SSSR count). The summed E-state index contributed by atoms with van der Waals surface area (Å²) in [6.07, 6.45) is 0. The highest BCUT2D eigenvalue weighted by molar-refractivity contribution is 5.86. The summed E-state index contributed by atoms with van der Waals surface area (Å²) in [6.45, 7) is 2.02. The second kappa shape index (κ2) is 5.07. The first-order chi connectivity index (χ1) is 9.76. The Kier molecular flexibility index (Phi) is 3.10. The molecule has 0 aliphatic heterocycles. The van der Waals surface area contributed by atoms with Gasteiger partial charge in [-0.2, -0.15) is 5.26 Å². The summed E-state index contributed by atoms with van der Waals surface area (Å²) >= 11 is 0. The lowest BCUT2D eigenvalue weighted by Crippen LogP contribution is -1.94. The molecule has 0 fully saturated rings. The van der Waals surface area contributed by atoms with E-state index in [0.717, 1.165) is 16.9 Å². The zero-order chi connectivity index (χ0) is 13.9. The van der Waals surface area contributed by atoms with E-state index < -0.39 is 0 Å². The van der Waals surface area contributed by atoms with Crippen molar-refractivity contribution in [2.24, 2.45) is 0 Å². The van der Waals surface area contributed by atoms with Gasteiger partial charge in [0.15, 0.2) is 0 Å². The zero-order valence-corrected chi connectivity index (χ0v) is 11.2. The molecule has 0 aliphatic rings. The van der Waals surface area contributed by atoms with Crippen molar-refractivity contribution in [3.63, 3.8) is 0 Å². The van der Waals surface area contributed by atoms with Crippen molar-refractivity contribution in [3.05, 3.63) is 71.8 Å². The van der Waals surface area contributed by atoms with Crippen LogP contribution in [-0.2, 0) is 0 Å². The van der Waals surface area contributed by atoms with Crippen LogP contribution < -0.4 is 5.32 Å². The summed E-state index contributed by atoms with van der Waals surface area (Å²) in [5, 5.41) is 14.9. The van der Waals surface area contributed by atoms with E-state index in [1.54, 1.807) is 0 Å². The first-order valence-corrected chi connectivity index (χ1v) is 6.53. The van der Waals surface area contributed by atoms with Crippen molar-refractivity contribution < 1.29 is 0 Å². The van der Waals surface area contributed by atoms with E-state index in [-0.39, 0.29) is 0 Å². The Morgan fingerprint density at radius 2 is 1.70 bits per heavy atom. The van der Waals surface area contributed by atoms with Crippen molar-refractivity contribution in [3.8, 4) is 6.07 Å². The van der Waals surface area contributed by atoms with Gasteiger partial charge in [0.05, 0.1) is 11.3 Å². The number of rotatable bonds is 2. The molecule has 0 saturated heterocycles. The average Bonchev–Trinajstić information content (AvgIpc) is 2.47. The van der Waals surface area contributed by atoms with E-state index in [0.29, 0.717) is 5.56 Å². The molecule has 2 heteroatoms. The Morgan fingerprint density at radius 3 is 2.50 bits per heavy atom. The van der Waals surface area contributed by atoms with Gasteiger partial charge in [-0.15, -0.1) is 0 Å². The summed E-state index contributed by atoms with van der Waals surface area (Å²) in [6, 6.07) is 22.5. The van der Waals surface area contributed by atoms with Gasteiger partial charge in [0.25, 0.3) is 0 Å². The van der Waals surface area contributed by atoms with Crippen molar-refractivity contribution in [2.75, 3.05) is 5.32 Å². The monoisotopic (exact) mass is 258 g/mol. The fourth-order valence-corrected chi connectivity index (χ4v) is 2.28. The molecule has 0 atom stereocenters. The molecule has 20 heavy (non-hydrogen) atoms. The highest BCUT2D eigenvalue weighted by atomic mass is 14.9. The quantitative estimate of drug-likeness (QED) is 0.719. The minimum atomic E-state index is 0.656. The Morgan fingerprint density at radius 1 is 0.900 bits per heavy atom. The van der Waals surface area contributed by atoms with Gasteiger partial charge < -0.3 is 5.32 Å². The SMILES string of the molecule is Cc1ccc(C#N)c(Nc2ccc3ccccc3c2)c1. The molecule has 1 N–H and O–H groups in total. The minimum Gasteiger partial charge on any atom is -0.354 e. The van der Waals surface area contributed by atoms with E-state index in [1.165, 1.54) is 10.8 Å². The van der Waals surface area contributed by atoms with Crippen LogP contribution in [0.4, 0.5) is 11.4 Å². The molecule has 0 unspecified atom stereocenters. The van der Waals surface area contributed by atoms with Gasteiger partial charge in [0.2, 0.25) is 0 Å². The lowest BCUT2D eigenvalue weighted by molar-refractivity contribution is 1.41.